The van der Waals surface area contributed by atoms with E-state index in [2.05, 4.69) is 68.0 Å². The van der Waals surface area contributed by atoms with Crippen LogP contribution in [0.15, 0.2) is 30.5 Å². The number of hydrogen-bond acceptors (Lipinski definition) is 2. The van der Waals surface area contributed by atoms with Gasteiger partial charge in [0.2, 0.25) is 5.91 Å². The molecule has 142 valence electrons. The number of rotatable bonds is 6. The van der Waals surface area contributed by atoms with Gasteiger partial charge in [0.1, 0.15) is 0 Å². The van der Waals surface area contributed by atoms with Gasteiger partial charge in [-0.1, -0.05) is 18.2 Å². The van der Waals surface area contributed by atoms with Gasteiger partial charge >= 0.3 is 0 Å². The average Bonchev–Trinajstić information content (AvgIpc) is 2.93. The van der Waals surface area contributed by atoms with Gasteiger partial charge in [-0.05, 0) is 65.0 Å². The van der Waals surface area contributed by atoms with E-state index in [1.807, 2.05) is 0 Å². The van der Waals surface area contributed by atoms with Gasteiger partial charge in [-0.25, -0.2) is 0 Å². The number of fused-ring (bicyclic) bond motifs is 1. The topological polar surface area (TPSA) is 43.3 Å². The molecule has 0 unspecified atom stereocenters. The summed E-state index contributed by atoms with van der Waals surface area (Å²) in [4.78, 5) is 12.3. The van der Waals surface area contributed by atoms with Gasteiger partial charge in [0.05, 0.1) is 5.60 Å². The Balaban J connectivity index is 1.55. The summed E-state index contributed by atoms with van der Waals surface area (Å²) in [6, 6.07) is 9.23. The van der Waals surface area contributed by atoms with E-state index in [0.29, 0.717) is 12.5 Å². The van der Waals surface area contributed by atoms with Crippen molar-refractivity contribution in [1.82, 2.24) is 9.88 Å². The van der Waals surface area contributed by atoms with Gasteiger partial charge in [0.25, 0.3) is 0 Å². The van der Waals surface area contributed by atoms with Gasteiger partial charge in [-0.3, -0.25) is 4.79 Å². The molecule has 0 saturated carbocycles. The molecule has 1 atom stereocenters. The van der Waals surface area contributed by atoms with E-state index >= 15 is 0 Å². The van der Waals surface area contributed by atoms with Crippen LogP contribution in [0.2, 0.25) is 0 Å². The Kier molecular flexibility index (Phi) is 5.71. The van der Waals surface area contributed by atoms with E-state index in [9.17, 15) is 4.79 Å². The maximum atomic E-state index is 12.3. The van der Waals surface area contributed by atoms with Gasteiger partial charge in [0.15, 0.2) is 0 Å². The van der Waals surface area contributed by atoms with Gasteiger partial charge in [0, 0.05) is 42.2 Å². The Morgan fingerprint density at radius 2 is 2.12 bits per heavy atom. The van der Waals surface area contributed by atoms with E-state index in [1.54, 1.807) is 0 Å². The van der Waals surface area contributed by atoms with Crippen LogP contribution in [-0.4, -0.2) is 28.7 Å². The number of carbonyl (C=O) groups excluding carboxylic acids is 1. The van der Waals surface area contributed by atoms with Crippen LogP contribution in [0.3, 0.4) is 0 Å². The number of ether oxygens (including phenoxy) is 1. The van der Waals surface area contributed by atoms with Gasteiger partial charge in [-0.2, -0.15) is 0 Å². The van der Waals surface area contributed by atoms with Crippen LogP contribution in [0.4, 0.5) is 0 Å². The molecule has 1 amide bonds. The summed E-state index contributed by atoms with van der Waals surface area (Å²) in [6.07, 6.45) is 6.46. The van der Waals surface area contributed by atoms with Crippen molar-refractivity contribution < 1.29 is 9.53 Å². The maximum Gasteiger partial charge on any atom is 0.220 e. The molecule has 4 nitrogen and oxygen atoms in total. The second kappa shape index (κ2) is 7.83. The fourth-order valence-electron chi connectivity index (χ4n) is 4.00. The van der Waals surface area contributed by atoms with E-state index in [0.717, 1.165) is 32.3 Å². The Labute approximate surface area is 156 Å². The number of hydrogen-bond donors (Lipinski definition) is 1. The Bertz CT molecular complexity index is 761. The highest BCUT2D eigenvalue weighted by Crippen LogP contribution is 2.26. The molecule has 4 heteroatoms. The fourth-order valence-corrected chi connectivity index (χ4v) is 4.00. The van der Waals surface area contributed by atoms with Crippen LogP contribution in [0.25, 0.3) is 10.9 Å². The molecule has 2 aromatic rings. The lowest BCUT2D eigenvalue weighted by Gasteiger charge is -2.35. The van der Waals surface area contributed by atoms with Gasteiger partial charge < -0.3 is 14.6 Å². The van der Waals surface area contributed by atoms with Crippen molar-refractivity contribution in [2.24, 2.45) is 0 Å². The quantitative estimate of drug-likeness (QED) is 0.821. The van der Waals surface area contributed by atoms with E-state index in [-0.39, 0.29) is 17.6 Å². The van der Waals surface area contributed by atoms with E-state index in [1.165, 1.54) is 16.5 Å². The third-order valence-electron chi connectivity index (χ3n) is 5.29. The molecular weight excluding hydrogens is 324 g/mol. The number of amides is 1. The number of benzene rings is 1. The molecule has 1 aromatic heterocycles. The van der Waals surface area contributed by atoms with Crippen molar-refractivity contribution in [3.05, 3.63) is 36.0 Å². The number of aryl methyl sites for hydroxylation is 1. The zero-order valence-corrected chi connectivity index (χ0v) is 16.5. The number of nitrogens with zero attached hydrogens (tertiary/aromatic N) is 1. The molecule has 0 aliphatic carbocycles. The third kappa shape index (κ3) is 4.47. The Morgan fingerprint density at radius 3 is 2.85 bits per heavy atom. The van der Waals surface area contributed by atoms with Crippen molar-refractivity contribution in [3.63, 3.8) is 0 Å². The molecule has 1 saturated heterocycles. The lowest BCUT2D eigenvalue weighted by atomic mass is 9.94. The highest BCUT2D eigenvalue weighted by Gasteiger charge is 2.29. The fraction of sp³-hybridized carbons (Fsp3) is 0.591. The smallest absolute Gasteiger partial charge is 0.220 e. The summed E-state index contributed by atoms with van der Waals surface area (Å²) >= 11 is 0. The zero-order chi connectivity index (χ0) is 18.7. The van der Waals surface area contributed by atoms with Crippen molar-refractivity contribution in [3.8, 4) is 0 Å². The summed E-state index contributed by atoms with van der Waals surface area (Å²) in [5.74, 6) is 0.167. The van der Waals surface area contributed by atoms with Crippen molar-refractivity contribution in [1.29, 1.82) is 0 Å². The molecule has 1 aliphatic heterocycles. The number of aromatic nitrogens is 1. The lowest BCUT2D eigenvalue weighted by Crippen LogP contribution is -2.45. The number of nitrogens with one attached hydrogen (secondary N) is 1. The maximum absolute atomic E-state index is 12.3. The molecule has 2 heterocycles. The predicted octanol–water partition coefficient (Wildman–Crippen LogP) is 4.62. The largest absolute Gasteiger partial charge is 0.375 e. The second-order valence-corrected chi connectivity index (χ2v) is 8.39. The first-order valence-electron chi connectivity index (χ1n) is 9.87. The molecule has 0 radical (unpaired) electrons. The molecule has 1 aliphatic rings. The van der Waals surface area contributed by atoms with E-state index in [4.69, 9.17) is 4.74 Å². The minimum Gasteiger partial charge on any atom is -0.375 e. The molecule has 1 N–H and O–H groups in total. The van der Waals surface area contributed by atoms with Crippen LogP contribution in [0, 0.1) is 0 Å². The van der Waals surface area contributed by atoms with Crippen LogP contribution in [0.1, 0.15) is 65.0 Å². The Hall–Kier alpha value is -1.81. The second-order valence-electron chi connectivity index (χ2n) is 8.39. The summed E-state index contributed by atoms with van der Waals surface area (Å²) in [6.45, 7) is 9.33. The molecule has 0 bridgehead atoms. The summed E-state index contributed by atoms with van der Waals surface area (Å²) in [7, 11) is 0. The lowest BCUT2D eigenvalue weighted by molar-refractivity contribution is -0.124. The predicted molar refractivity (Wildman–Crippen MR) is 106 cm³/mol. The first kappa shape index (κ1) is 19.0. The molecule has 0 spiro atoms. The first-order chi connectivity index (χ1) is 12.4. The molecule has 1 fully saturated rings. The van der Waals surface area contributed by atoms with Crippen LogP contribution in [-0.2, 0) is 16.0 Å². The molecule has 3 rings (SSSR count). The van der Waals surface area contributed by atoms with Crippen molar-refractivity contribution in [2.75, 3.05) is 6.61 Å². The Morgan fingerprint density at radius 1 is 1.35 bits per heavy atom. The molecular formula is C22H32N2O2. The minimum absolute atomic E-state index is 0.130. The SMILES string of the molecule is CC(C)n1cc(CCCC(=O)N[C@H]2CCOC(C)(C)C2)c2ccccc21. The third-order valence-corrected chi connectivity index (χ3v) is 5.29. The number of para-hydroxylation sites is 1. The molecule has 1 aromatic carbocycles. The van der Waals surface area contributed by atoms with Crippen molar-refractivity contribution in [2.45, 2.75) is 77.5 Å². The first-order valence-corrected chi connectivity index (χ1v) is 9.87. The van der Waals surface area contributed by atoms with Crippen LogP contribution in [0.5, 0.6) is 0 Å². The average molecular weight is 357 g/mol. The normalized spacial score (nSPS) is 19.8. The summed E-state index contributed by atoms with van der Waals surface area (Å²) in [5, 5.41) is 4.51. The zero-order valence-electron chi connectivity index (χ0n) is 16.5. The number of carbonyl (C=O) groups is 1. The van der Waals surface area contributed by atoms with Crippen LogP contribution < -0.4 is 5.32 Å². The van der Waals surface area contributed by atoms with E-state index < -0.39 is 0 Å². The standard InChI is InChI=1S/C22H32N2O2/c1-16(2)24-15-17(19-9-5-6-10-20(19)24)8-7-11-21(25)23-18-12-13-26-22(3,4)14-18/h5-6,9-10,15-16,18H,7-8,11-14H2,1-4H3,(H,23,25)/t18-/m0/s1. The highest BCUT2D eigenvalue weighted by molar-refractivity contribution is 5.84. The summed E-state index contributed by atoms with van der Waals surface area (Å²) < 4.78 is 8.05. The summed E-state index contributed by atoms with van der Waals surface area (Å²) in [5.41, 5.74) is 2.50. The van der Waals surface area contributed by atoms with Gasteiger partial charge in [-0.15, -0.1) is 0 Å². The van der Waals surface area contributed by atoms with Crippen LogP contribution >= 0.6 is 0 Å². The van der Waals surface area contributed by atoms with Crippen molar-refractivity contribution >= 4 is 16.8 Å². The highest BCUT2D eigenvalue weighted by atomic mass is 16.5. The molecule has 26 heavy (non-hydrogen) atoms. The minimum atomic E-state index is -0.130. The monoisotopic (exact) mass is 356 g/mol.